The van der Waals surface area contributed by atoms with E-state index in [1.54, 1.807) is 11.9 Å². The second-order valence-electron chi connectivity index (χ2n) is 6.18. The molecule has 1 aromatic rings. The van der Waals surface area contributed by atoms with Crippen molar-refractivity contribution in [2.24, 2.45) is 0 Å². The Balaban J connectivity index is 3.00. The molecule has 118 valence electrons. The van der Waals surface area contributed by atoms with Gasteiger partial charge in [0.25, 0.3) is 0 Å². The molecular weight excluding hydrogens is 266 g/mol. The molecule has 21 heavy (non-hydrogen) atoms. The van der Waals surface area contributed by atoms with E-state index in [2.05, 4.69) is 41.4 Å². The second-order valence-corrected chi connectivity index (χ2v) is 6.18. The second kappa shape index (κ2) is 6.74. The van der Waals surface area contributed by atoms with E-state index >= 15 is 0 Å². The van der Waals surface area contributed by atoms with E-state index in [-0.39, 0.29) is 17.4 Å². The third-order valence-electron chi connectivity index (χ3n) is 3.24. The summed E-state index contributed by atoms with van der Waals surface area (Å²) in [7, 11) is 3.61. The standard InChI is InChI=1S/C15H27N5O/c1-8-20(7)13(21)10(2)17-12-9-11(16-6)18-14(19-12)15(3,4)5/h9-10H,8H2,1-7H3,(H2,16,17,18,19). The summed E-state index contributed by atoms with van der Waals surface area (Å²) in [4.78, 5) is 22.8. The number of amides is 1. The molecule has 0 bridgehead atoms. The number of nitrogens with one attached hydrogen (secondary N) is 2. The summed E-state index contributed by atoms with van der Waals surface area (Å²) in [6, 6.07) is 1.48. The minimum absolute atomic E-state index is 0.0411. The Kier molecular flexibility index (Phi) is 5.52. The maximum Gasteiger partial charge on any atom is 0.244 e. The summed E-state index contributed by atoms with van der Waals surface area (Å²) in [6.45, 7) is 10.7. The van der Waals surface area contributed by atoms with E-state index in [1.165, 1.54) is 0 Å². The maximum atomic E-state index is 12.1. The molecule has 0 spiro atoms. The Morgan fingerprint density at radius 2 is 1.90 bits per heavy atom. The lowest BCUT2D eigenvalue weighted by Gasteiger charge is -2.23. The minimum atomic E-state index is -0.331. The van der Waals surface area contributed by atoms with Crippen LogP contribution in [-0.4, -0.2) is 47.5 Å². The fraction of sp³-hybridized carbons (Fsp3) is 0.667. The van der Waals surface area contributed by atoms with Crippen LogP contribution >= 0.6 is 0 Å². The molecule has 1 rings (SSSR count). The lowest BCUT2D eigenvalue weighted by molar-refractivity contribution is -0.130. The van der Waals surface area contributed by atoms with E-state index in [0.717, 1.165) is 11.6 Å². The van der Waals surface area contributed by atoms with Crippen LogP contribution in [0.5, 0.6) is 0 Å². The van der Waals surface area contributed by atoms with Crippen molar-refractivity contribution in [1.82, 2.24) is 14.9 Å². The van der Waals surface area contributed by atoms with Gasteiger partial charge in [-0.2, -0.15) is 0 Å². The molecule has 0 saturated carbocycles. The topological polar surface area (TPSA) is 70.2 Å². The average molecular weight is 293 g/mol. The van der Waals surface area contributed by atoms with Crippen molar-refractivity contribution in [3.05, 3.63) is 11.9 Å². The fourth-order valence-corrected chi connectivity index (χ4v) is 1.75. The molecule has 1 atom stereocenters. The smallest absolute Gasteiger partial charge is 0.244 e. The first-order valence-corrected chi connectivity index (χ1v) is 7.27. The quantitative estimate of drug-likeness (QED) is 0.870. The van der Waals surface area contributed by atoms with E-state index in [1.807, 2.05) is 27.0 Å². The lowest BCUT2D eigenvalue weighted by atomic mass is 9.96. The highest BCUT2D eigenvalue weighted by Crippen LogP contribution is 2.22. The number of aromatic nitrogens is 2. The third kappa shape index (κ3) is 4.58. The van der Waals surface area contributed by atoms with Crippen LogP contribution in [0, 0.1) is 0 Å². The fourth-order valence-electron chi connectivity index (χ4n) is 1.75. The first-order chi connectivity index (χ1) is 9.68. The van der Waals surface area contributed by atoms with Crippen LogP contribution in [0.3, 0.4) is 0 Å². The largest absolute Gasteiger partial charge is 0.373 e. The van der Waals surface area contributed by atoms with Crippen molar-refractivity contribution < 1.29 is 4.79 Å². The number of likely N-dealkylation sites (N-methyl/N-ethyl adjacent to an activating group) is 1. The van der Waals surface area contributed by atoms with Crippen molar-refractivity contribution in [3.8, 4) is 0 Å². The zero-order valence-electron chi connectivity index (χ0n) is 14.1. The highest BCUT2D eigenvalue weighted by atomic mass is 16.2. The number of carbonyl (C=O) groups excluding carboxylic acids is 1. The van der Waals surface area contributed by atoms with Gasteiger partial charge in [0.1, 0.15) is 23.5 Å². The van der Waals surface area contributed by atoms with E-state index < -0.39 is 0 Å². The highest BCUT2D eigenvalue weighted by molar-refractivity contribution is 5.83. The Hall–Kier alpha value is -1.85. The number of carbonyl (C=O) groups is 1. The van der Waals surface area contributed by atoms with Crippen molar-refractivity contribution in [2.75, 3.05) is 31.3 Å². The highest BCUT2D eigenvalue weighted by Gasteiger charge is 2.21. The van der Waals surface area contributed by atoms with Gasteiger partial charge in [0.05, 0.1) is 0 Å². The van der Waals surface area contributed by atoms with Gasteiger partial charge in [0, 0.05) is 32.1 Å². The number of hydrogen-bond acceptors (Lipinski definition) is 5. The summed E-state index contributed by atoms with van der Waals surface area (Å²) in [5.41, 5.74) is -0.156. The van der Waals surface area contributed by atoms with Crippen LogP contribution in [0.2, 0.25) is 0 Å². The zero-order chi connectivity index (χ0) is 16.2. The monoisotopic (exact) mass is 293 g/mol. The Morgan fingerprint density at radius 3 is 2.38 bits per heavy atom. The molecule has 0 aliphatic heterocycles. The van der Waals surface area contributed by atoms with Crippen LogP contribution in [0.25, 0.3) is 0 Å². The predicted molar refractivity (Wildman–Crippen MR) is 86.7 cm³/mol. The Labute approximate surface area is 127 Å². The molecule has 1 amide bonds. The zero-order valence-corrected chi connectivity index (χ0v) is 14.1. The first-order valence-electron chi connectivity index (χ1n) is 7.27. The Bertz CT molecular complexity index is 495. The van der Waals surface area contributed by atoms with E-state index in [0.29, 0.717) is 12.4 Å². The van der Waals surface area contributed by atoms with Crippen molar-refractivity contribution in [3.63, 3.8) is 0 Å². The summed E-state index contributed by atoms with van der Waals surface area (Å²) in [5.74, 6) is 2.17. The molecular formula is C15H27N5O. The molecule has 0 aliphatic rings. The average Bonchev–Trinajstić information content (AvgIpc) is 2.44. The molecule has 1 heterocycles. The van der Waals surface area contributed by atoms with Crippen molar-refractivity contribution >= 4 is 17.5 Å². The molecule has 2 N–H and O–H groups in total. The normalized spacial score (nSPS) is 12.7. The first kappa shape index (κ1) is 17.2. The molecule has 6 heteroatoms. The predicted octanol–water partition coefficient (Wildman–Crippen LogP) is 2.09. The lowest BCUT2D eigenvalue weighted by Crippen LogP contribution is -2.39. The number of hydrogen-bond donors (Lipinski definition) is 2. The molecule has 0 aromatic carbocycles. The molecule has 0 radical (unpaired) electrons. The van der Waals surface area contributed by atoms with Gasteiger partial charge in [-0.15, -0.1) is 0 Å². The molecule has 1 unspecified atom stereocenters. The number of rotatable bonds is 5. The maximum absolute atomic E-state index is 12.1. The number of anilines is 2. The molecule has 0 saturated heterocycles. The van der Waals surface area contributed by atoms with Gasteiger partial charge in [-0.25, -0.2) is 9.97 Å². The number of nitrogens with zero attached hydrogens (tertiary/aromatic N) is 3. The molecule has 0 fully saturated rings. The third-order valence-corrected chi connectivity index (χ3v) is 3.24. The summed E-state index contributed by atoms with van der Waals surface area (Å²) in [6.07, 6.45) is 0. The van der Waals surface area contributed by atoms with Crippen LogP contribution in [0.4, 0.5) is 11.6 Å². The van der Waals surface area contributed by atoms with Gasteiger partial charge >= 0.3 is 0 Å². The SMILES string of the molecule is CCN(C)C(=O)C(C)Nc1cc(NC)nc(C(C)(C)C)n1. The summed E-state index contributed by atoms with van der Waals surface area (Å²) >= 11 is 0. The van der Waals surface area contributed by atoms with Gasteiger partial charge < -0.3 is 15.5 Å². The van der Waals surface area contributed by atoms with Gasteiger partial charge in [0.15, 0.2) is 0 Å². The van der Waals surface area contributed by atoms with Gasteiger partial charge in [-0.3, -0.25) is 4.79 Å². The summed E-state index contributed by atoms with van der Waals surface area (Å²) < 4.78 is 0. The van der Waals surface area contributed by atoms with Crippen molar-refractivity contribution in [2.45, 2.75) is 46.1 Å². The van der Waals surface area contributed by atoms with E-state index in [4.69, 9.17) is 0 Å². The van der Waals surface area contributed by atoms with Gasteiger partial charge in [-0.1, -0.05) is 20.8 Å². The van der Waals surface area contributed by atoms with Crippen LogP contribution < -0.4 is 10.6 Å². The summed E-state index contributed by atoms with van der Waals surface area (Å²) in [5, 5.41) is 6.19. The molecule has 1 aromatic heterocycles. The minimum Gasteiger partial charge on any atom is -0.373 e. The van der Waals surface area contributed by atoms with Crippen molar-refractivity contribution in [1.29, 1.82) is 0 Å². The van der Waals surface area contributed by atoms with Crippen LogP contribution in [-0.2, 0) is 10.2 Å². The van der Waals surface area contributed by atoms with Gasteiger partial charge in [0.2, 0.25) is 5.91 Å². The van der Waals surface area contributed by atoms with Gasteiger partial charge in [-0.05, 0) is 13.8 Å². The Morgan fingerprint density at radius 1 is 1.33 bits per heavy atom. The van der Waals surface area contributed by atoms with Crippen LogP contribution in [0.15, 0.2) is 6.07 Å². The van der Waals surface area contributed by atoms with E-state index in [9.17, 15) is 4.79 Å². The van der Waals surface area contributed by atoms with Crippen LogP contribution in [0.1, 0.15) is 40.4 Å². The molecule has 6 nitrogen and oxygen atoms in total. The molecule has 0 aliphatic carbocycles.